The van der Waals surface area contributed by atoms with E-state index < -0.39 is 0 Å². The van der Waals surface area contributed by atoms with Crippen molar-refractivity contribution < 1.29 is 0 Å². The van der Waals surface area contributed by atoms with Crippen LogP contribution in [0, 0.1) is 0 Å². The van der Waals surface area contributed by atoms with Crippen LogP contribution in [0.4, 0.5) is 5.69 Å². The number of aryl methyl sites for hydroxylation is 1. The fourth-order valence-corrected chi connectivity index (χ4v) is 2.88. The van der Waals surface area contributed by atoms with Crippen molar-refractivity contribution in [2.24, 2.45) is 0 Å². The van der Waals surface area contributed by atoms with Gasteiger partial charge in [0.2, 0.25) is 0 Å². The maximum atomic E-state index is 6.14. The van der Waals surface area contributed by atoms with Crippen molar-refractivity contribution in [1.82, 2.24) is 14.7 Å². The van der Waals surface area contributed by atoms with E-state index in [1.165, 1.54) is 0 Å². The molecule has 1 N–H and O–H groups in total. The predicted molar refractivity (Wildman–Crippen MR) is 99.8 cm³/mol. The number of hydrogen-bond acceptors (Lipinski definition) is 2. The second-order valence-corrected chi connectivity index (χ2v) is 6.77. The molecule has 4 nitrogen and oxygen atoms in total. The number of nitrogens with one attached hydrogen (secondary N) is 1. The Morgan fingerprint density at radius 2 is 2.18 bits per heavy atom. The lowest BCUT2D eigenvalue weighted by atomic mass is 10.3. The smallest absolute Gasteiger partial charge is 0.173 e. The molecule has 1 aromatic carbocycles. The highest BCUT2D eigenvalue weighted by molar-refractivity contribution is 9.10. The third-order valence-electron chi connectivity index (χ3n) is 3.02. The van der Waals surface area contributed by atoms with E-state index in [1.807, 2.05) is 29.7 Å². The third-order valence-corrected chi connectivity index (χ3v) is 4.64. The molecule has 0 atom stereocenters. The highest BCUT2D eigenvalue weighted by atomic mass is 79.9. The number of aromatic nitrogens is 2. The average Bonchev–Trinajstić information content (AvgIpc) is 2.82. The SMILES string of the molecule is CCn1cc(Br)c(CN(C)C(=S)Nc2ccc(Cl)cc2Cl)n1. The van der Waals surface area contributed by atoms with Crippen LogP contribution in [0.1, 0.15) is 12.6 Å². The maximum absolute atomic E-state index is 6.14. The van der Waals surface area contributed by atoms with Crippen LogP contribution >= 0.6 is 51.3 Å². The normalized spacial score (nSPS) is 10.6. The van der Waals surface area contributed by atoms with Gasteiger partial charge in [0.1, 0.15) is 0 Å². The van der Waals surface area contributed by atoms with Crippen molar-refractivity contribution >= 4 is 62.1 Å². The molecule has 0 saturated heterocycles. The summed E-state index contributed by atoms with van der Waals surface area (Å²) in [7, 11) is 1.90. The van der Waals surface area contributed by atoms with Gasteiger partial charge in [-0.1, -0.05) is 23.2 Å². The molecule has 0 radical (unpaired) electrons. The van der Waals surface area contributed by atoms with E-state index in [-0.39, 0.29) is 0 Å². The molecule has 0 spiro atoms. The number of nitrogens with zero attached hydrogens (tertiary/aromatic N) is 3. The van der Waals surface area contributed by atoms with Crippen molar-refractivity contribution in [3.63, 3.8) is 0 Å². The molecule has 8 heteroatoms. The maximum Gasteiger partial charge on any atom is 0.173 e. The molecular weight excluding hydrogens is 407 g/mol. The highest BCUT2D eigenvalue weighted by Crippen LogP contribution is 2.25. The van der Waals surface area contributed by atoms with Crippen LogP contribution in [0.3, 0.4) is 0 Å². The minimum absolute atomic E-state index is 0.527. The summed E-state index contributed by atoms with van der Waals surface area (Å²) >= 11 is 20.9. The summed E-state index contributed by atoms with van der Waals surface area (Å²) in [6.07, 6.45) is 1.95. The monoisotopic (exact) mass is 420 g/mol. The molecule has 0 fully saturated rings. The van der Waals surface area contributed by atoms with Crippen molar-refractivity contribution in [1.29, 1.82) is 0 Å². The van der Waals surface area contributed by atoms with Crippen molar-refractivity contribution in [3.05, 3.63) is 44.6 Å². The second-order valence-electron chi connectivity index (χ2n) is 4.69. The van der Waals surface area contributed by atoms with Gasteiger partial charge in [0.05, 0.1) is 27.4 Å². The molecule has 0 aliphatic rings. The van der Waals surface area contributed by atoms with E-state index in [1.54, 1.807) is 18.2 Å². The van der Waals surface area contributed by atoms with Gasteiger partial charge in [-0.05, 0) is 53.3 Å². The van der Waals surface area contributed by atoms with Gasteiger partial charge < -0.3 is 10.2 Å². The number of halogens is 3. The molecule has 0 amide bonds. The Hall–Kier alpha value is -0.820. The fourth-order valence-electron chi connectivity index (χ4n) is 1.80. The summed E-state index contributed by atoms with van der Waals surface area (Å²) in [5.74, 6) is 0. The Morgan fingerprint density at radius 1 is 1.45 bits per heavy atom. The number of benzene rings is 1. The molecule has 0 aliphatic heterocycles. The van der Waals surface area contributed by atoms with Gasteiger partial charge in [0, 0.05) is 24.8 Å². The molecule has 0 unspecified atom stereocenters. The molecular formula is C14H15BrCl2N4S. The Bertz CT molecular complexity index is 689. The fraction of sp³-hybridized carbons (Fsp3) is 0.286. The average molecular weight is 422 g/mol. The van der Waals surface area contributed by atoms with Gasteiger partial charge in [0.15, 0.2) is 5.11 Å². The molecule has 0 bridgehead atoms. The standard InChI is InChI=1S/C14H15BrCl2N4S/c1-3-21-7-10(15)13(19-21)8-20(2)14(22)18-12-5-4-9(16)6-11(12)17/h4-7H,3,8H2,1-2H3,(H,18,22). The molecule has 118 valence electrons. The molecule has 2 aromatic rings. The topological polar surface area (TPSA) is 33.1 Å². The Balaban J connectivity index is 2.04. The largest absolute Gasteiger partial charge is 0.346 e. The zero-order valence-electron chi connectivity index (χ0n) is 12.1. The van der Waals surface area contributed by atoms with E-state index in [0.29, 0.717) is 21.7 Å². The summed E-state index contributed by atoms with van der Waals surface area (Å²) in [4.78, 5) is 1.90. The summed E-state index contributed by atoms with van der Waals surface area (Å²) in [6, 6.07) is 5.23. The Kier molecular flexibility index (Phi) is 6.09. The van der Waals surface area contributed by atoms with E-state index >= 15 is 0 Å². The van der Waals surface area contributed by atoms with Crippen molar-refractivity contribution in [2.45, 2.75) is 20.0 Å². The summed E-state index contributed by atoms with van der Waals surface area (Å²) in [5.41, 5.74) is 1.65. The van der Waals surface area contributed by atoms with E-state index in [9.17, 15) is 0 Å². The number of anilines is 1. The number of thiocarbonyl (C=S) groups is 1. The first-order chi connectivity index (χ1) is 10.4. The summed E-state index contributed by atoms with van der Waals surface area (Å²) in [6.45, 7) is 3.46. The van der Waals surface area contributed by atoms with E-state index in [4.69, 9.17) is 35.4 Å². The number of rotatable bonds is 4. The zero-order valence-corrected chi connectivity index (χ0v) is 16.0. The molecule has 2 rings (SSSR count). The lowest BCUT2D eigenvalue weighted by molar-refractivity contribution is 0.491. The predicted octanol–water partition coefficient (Wildman–Crippen LogP) is 4.80. The lowest BCUT2D eigenvalue weighted by Crippen LogP contribution is -2.31. The van der Waals surface area contributed by atoms with Crippen molar-refractivity contribution in [3.8, 4) is 0 Å². The van der Waals surface area contributed by atoms with Crippen LogP contribution in [0.15, 0.2) is 28.9 Å². The molecule has 22 heavy (non-hydrogen) atoms. The second kappa shape index (κ2) is 7.64. The molecule has 1 heterocycles. The zero-order chi connectivity index (χ0) is 16.3. The van der Waals surface area contributed by atoms with Gasteiger partial charge >= 0.3 is 0 Å². The Labute approximate surface area is 153 Å². The Morgan fingerprint density at radius 3 is 2.77 bits per heavy atom. The van der Waals surface area contributed by atoms with Gasteiger partial charge in [0.25, 0.3) is 0 Å². The minimum Gasteiger partial charge on any atom is -0.346 e. The third kappa shape index (κ3) is 4.35. The molecule has 0 saturated carbocycles. The van der Waals surface area contributed by atoms with Crippen LogP contribution in [-0.4, -0.2) is 26.8 Å². The van der Waals surface area contributed by atoms with E-state index in [2.05, 4.69) is 26.3 Å². The quantitative estimate of drug-likeness (QED) is 0.718. The van der Waals surface area contributed by atoms with E-state index in [0.717, 1.165) is 22.4 Å². The van der Waals surface area contributed by atoms with Gasteiger partial charge in [-0.3, -0.25) is 4.68 Å². The highest BCUT2D eigenvalue weighted by Gasteiger charge is 2.12. The van der Waals surface area contributed by atoms with Crippen LogP contribution in [-0.2, 0) is 13.1 Å². The van der Waals surface area contributed by atoms with Crippen LogP contribution in [0.5, 0.6) is 0 Å². The lowest BCUT2D eigenvalue weighted by Gasteiger charge is -2.20. The van der Waals surface area contributed by atoms with Crippen LogP contribution in [0.2, 0.25) is 10.0 Å². The van der Waals surface area contributed by atoms with Crippen molar-refractivity contribution in [2.75, 3.05) is 12.4 Å². The van der Waals surface area contributed by atoms with Crippen LogP contribution < -0.4 is 5.32 Å². The van der Waals surface area contributed by atoms with Gasteiger partial charge in [-0.15, -0.1) is 0 Å². The first-order valence-electron chi connectivity index (χ1n) is 6.59. The summed E-state index contributed by atoms with van der Waals surface area (Å²) in [5, 5.41) is 9.27. The first kappa shape index (κ1) is 17.5. The van der Waals surface area contributed by atoms with Gasteiger partial charge in [-0.2, -0.15) is 5.10 Å². The van der Waals surface area contributed by atoms with Gasteiger partial charge in [-0.25, -0.2) is 0 Å². The number of hydrogen-bond donors (Lipinski definition) is 1. The van der Waals surface area contributed by atoms with Crippen LogP contribution in [0.25, 0.3) is 0 Å². The molecule has 0 aliphatic carbocycles. The molecule has 1 aromatic heterocycles. The first-order valence-corrected chi connectivity index (χ1v) is 8.55. The minimum atomic E-state index is 0.527. The summed E-state index contributed by atoms with van der Waals surface area (Å²) < 4.78 is 2.84.